The first-order valence-electron chi connectivity index (χ1n) is 11.3. The molecule has 0 aliphatic heterocycles. The van der Waals surface area contributed by atoms with Crippen molar-refractivity contribution >= 4 is 5.71 Å². The van der Waals surface area contributed by atoms with Gasteiger partial charge in [-0.2, -0.15) is 0 Å². The average molecular weight is 385 g/mol. The Hall–Kier alpha value is -1.19. The Labute approximate surface area is 173 Å². The molecule has 0 heterocycles. The molecule has 0 aromatic carbocycles. The fourth-order valence-corrected chi connectivity index (χ4v) is 5.56. The fourth-order valence-electron chi connectivity index (χ4n) is 5.56. The van der Waals surface area contributed by atoms with Gasteiger partial charge in [-0.05, 0) is 109 Å². The average Bonchev–Trinajstić information content (AvgIpc) is 2.69. The number of nitrogens with zero attached hydrogens (tertiary/aromatic N) is 3. The van der Waals surface area contributed by atoms with Crippen molar-refractivity contribution in [2.45, 2.75) is 63.5 Å². The maximum absolute atomic E-state index is 2.43. The van der Waals surface area contributed by atoms with E-state index in [9.17, 15) is 0 Å². The van der Waals surface area contributed by atoms with E-state index in [0.29, 0.717) is 0 Å². The molecule has 0 saturated heterocycles. The lowest BCUT2D eigenvalue weighted by molar-refractivity contribution is -0.462. The van der Waals surface area contributed by atoms with Crippen LogP contribution < -0.4 is 0 Å². The number of allylic oxidation sites excluding steroid dienone is 6. The molecule has 3 heteroatoms. The molecule has 2 fully saturated rings. The monoisotopic (exact) mass is 384 g/mol. The molecule has 0 spiro atoms. The van der Waals surface area contributed by atoms with Crippen LogP contribution in [0.3, 0.4) is 0 Å². The van der Waals surface area contributed by atoms with Crippen LogP contribution in [0.25, 0.3) is 0 Å². The van der Waals surface area contributed by atoms with Gasteiger partial charge in [-0.3, -0.25) is 0 Å². The van der Waals surface area contributed by atoms with Crippen molar-refractivity contribution in [3.8, 4) is 0 Å². The summed E-state index contributed by atoms with van der Waals surface area (Å²) in [7, 11) is 13.3. The number of hydrogen-bond donors (Lipinski definition) is 0. The Balaban J connectivity index is 1.82. The summed E-state index contributed by atoms with van der Waals surface area (Å²) >= 11 is 0. The molecule has 0 aromatic heterocycles. The van der Waals surface area contributed by atoms with Crippen molar-refractivity contribution in [1.82, 2.24) is 9.80 Å². The van der Waals surface area contributed by atoms with E-state index in [1.54, 1.807) is 5.57 Å². The highest BCUT2D eigenvalue weighted by molar-refractivity contribution is 6.02. The van der Waals surface area contributed by atoms with E-state index in [1.165, 1.54) is 62.7 Å². The summed E-state index contributed by atoms with van der Waals surface area (Å²) in [6, 6.07) is 1.55. The lowest BCUT2D eigenvalue weighted by Gasteiger charge is -2.40. The number of hydrogen-bond acceptors (Lipinski definition) is 2. The van der Waals surface area contributed by atoms with Crippen LogP contribution in [0.15, 0.2) is 35.5 Å². The van der Waals surface area contributed by atoms with E-state index in [0.717, 1.165) is 23.9 Å². The minimum atomic E-state index is 0.776. The van der Waals surface area contributed by atoms with Gasteiger partial charge in [0.25, 0.3) is 0 Å². The van der Waals surface area contributed by atoms with Crippen LogP contribution >= 0.6 is 0 Å². The van der Waals surface area contributed by atoms with E-state index >= 15 is 0 Å². The quantitative estimate of drug-likeness (QED) is 0.666. The largest absolute Gasteiger partial charge is 0.306 e. The van der Waals surface area contributed by atoms with Gasteiger partial charge in [-0.1, -0.05) is 5.57 Å². The predicted molar refractivity (Wildman–Crippen MR) is 121 cm³/mol. The van der Waals surface area contributed by atoms with E-state index in [1.807, 2.05) is 0 Å². The van der Waals surface area contributed by atoms with Crippen molar-refractivity contribution < 1.29 is 4.58 Å². The highest BCUT2D eigenvalue weighted by atomic mass is 15.1. The summed E-state index contributed by atoms with van der Waals surface area (Å²) in [6.45, 7) is 0. The van der Waals surface area contributed by atoms with Gasteiger partial charge in [0, 0.05) is 24.2 Å². The maximum Gasteiger partial charge on any atom is 0.199 e. The summed E-state index contributed by atoms with van der Waals surface area (Å²) in [5, 5.41) is 0. The fraction of sp³-hybridized carbons (Fsp3) is 0.720. The molecular formula is C25H42N3+. The van der Waals surface area contributed by atoms with Crippen LogP contribution in [0, 0.1) is 11.8 Å². The van der Waals surface area contributed by atoms with Crippen molar-refractivity contribution in [3.05, 3.63) is 35.5 Å². The van der Waals surface area contributed by atoms with Crippen LogP contribution in [-0.2, 0) is 0 Å². The second-order valence-corrected chi connectivity index (χ2v) is 9.83. The molecule has 0 bridgehead atoms. The molecule has 28 heavy (non-hydrogen) atoms. The highest BCUT2D eigenvalue weighted by Crippen LogP contribution is 2.43. The topological polar surface area (TPSA) is 9.49 Å². The van der Waals surface area contributed by atoms with Gasteiger partial charge in [-0.15, -0.1) is 0 Å². The SMILES string of the molecule is CN(C)C1CCC(C(=C2C=CC(=[N+](C)C)C=C2)C2CCC(N(C)C)CC2)CC1. The zero-order valence-corrected chi connectivity index (χ0v) is 19.1. The third-order valence-corrected chi connectivity index (χ3v) is 7.45. The van der Waals surface area contributed by atoms with Crippen LogP contribution in [0.4, 0.5) is 0 Å². The molecule has 0 unspecified atom stereocenters. The summed E-state index contributed by atoms with van der Waals surface area (Å²) in [6.07, 6.45) is 20.3. The van der Waals surface area contributed by atoms with Crippen LogP contribution in [0.1, 0.15) is 51.4 Å². The van der Waals surface area contributed by atoms with E-state index in [-0.39, 0.29) is 0 Å². The molecule has 3 nitrogen and oxygen atoms in total. The Morgan fingerprint density at radius 3 is 1.39 bits per heavy atom. The molecule has 156 valence electrons. The van der Waals surface area contributed by atoms with Crippen molar-refractivity contribution in [3.63, 3.8) is 0 Å². The third-order valence-electron chi connectivity index (χ3n) is 7.45. The minimum absolute atomic E-state index is 0.776. The first-order chi connectivity index (χ1) is 13.4. The van der Waals surface area contributed by atoms with Gasteiger partial charge in [0.2, 0.25) is 0 Å². The molecule has 0 N–H and O–H groups in total. The van der Waals surface area contributed by atoms with Gasteiger partial charge in [0.15, 0.2) is 5.71 Å². The van der Waals surface area contributed by atoms with Gasteiger partial charge in [-0.25, -0.2) is 4.58 Å². The minimum Gasteiger partial charge on any atom is -0.306 e. The predicted octanol–water partition coefficient (Wildman–Crippen LogP) is 4.36. The second-order valence-electron chi connectivity index (χ2n) is 9.83. The summed E-state index contributed by atoms with van der Waals surface area (Å²) in [4.78, 5) is 4.87. The molecule has 0 radical (unpaired) electrons. The summed E-state index contributed by atoms with van der Waals surface area (Å²) < 4.78 is 2.20. The van der Waals surface area contributed by atoms with Gasteiger partial charge >= 0.3 is 0 Å². The van der Waals surface area contributed by atoms with Gasteiger partial charge in [0.1, 0.15) is 14.1 Å². The zero-order chi connectivity index (χ0) is 20.3. The lowest BCUT2D eigenvalue weighted by atomic mass is 9.70. The molecule has 3 aliphatic rings. The van der Waals surface area contributed by atoms with Crippen molar-refractivity contribution in [2.24, 2.45) is 11.8 Å². The van der Waals surface area contributed by atoms with Crippen molar-refractivity contribution in [2.75, 3.05) is 42.3 Å². The van der Waals surface area contributed by atoms with Crippen LogP contribution in [0.2, 0.25) is 0 Å². The Bertz CT molecular complexity index is 597. The highest BCUT2D eigenvalue weighted by Gasteiger charge is 2.33. The smallest absolute Gasteiger partial charge is 0.199 e. The molecule has 3 rings (SSSR count). The molecule has 2 saturated carbocycles. The van der Waals surface area contributed by atoms with Gasteiger partial charge < -0.3 is 9.80 Å². The normalized spacial score (nSPS) is 31.0. The first kappa shape index (κ1) is 21.5. The summed E-state index contributed by atoms with van der Waals surface area (Å²) in [5.74, 6) is 1.56. The molecule has 0 atom stereocenters. The number of rotatable bonds is 4. The first-order valence-corrected chi connectivity index (χ1v) is 11.3. The van der Waals surface area contributed by atoms with E-state index < -0.39 is 0 Å². The van der Waals surface area contributed by atoms with Crippen LogP contribution in [0.5, 0.6) is 0 Å². The second kappa shape index (κ2) is 9.54. The van der Waals surface area contributed by atoms with E-state index in [4.69, 9.17) is 0 Å². The van der Waals surface area contributed by atoms with Crippen molar-refractivity contribution in [1.29, 1.82) is 0 Å². The zero-order valence-electron chi connectivity index (χ0n) is 19.1. The Morgan fingerprint density at radius 2 is 1.07 bits per heavy atom. The molecule has 0 aromatic rings. The van der Waals surface area contributed by atoms with Gasteiger partial charge in [0.05, 0.1) is 0 Å². The molecule has 0 amide bonds. The molecular weight excluding hydrogens is 342 g/mol. The maximum atomic E-state index is 2.43. The van der Waals surface area contributed by atoms with Crippen LogP contribution in [-0.4, -0.2) is 74.5 Å². The lowest BCUT2D eigenvalue weighted by Crippen LogP contribution is -2.35. The third kappa shape index (κ3) is 5.04. The molecule has 3 aliphatic carbocycles. The summed E-state index contributed by atoms with van der Waals surface area (Å²) in [5.41, 5.74) is 4.61. The Kier molecular flexibility index (Phi) is 7.33. The Morgan fingerprint density at radius 1 is 0.679 bits per heavy atom. The standard InChI is InChI=1S/C25H42N3/c1-26(2)22-13-7-19(8-14-22)25(20-9-15-23(16-10-20)27(3)4)21-11-17-24(18-12-21)28(5)6/h7-8,13-14,20-21,23-24H,9-12,15-18H2,1-6H3/q+1. The van der Waals surface area contributed by atoms with E-state index in [2.05, 4.69) is 81.0 Å².